The lowest BCUT2D eigenvalue weighted by Crippen LogP contribution is -2.35. The molecular formula is C17H17FN2O3S. The molecule has 0 spiro atoms. The van der Waals surface area contributed by atoms with E-state index < -0.39 is 16.6 Å². The summed E-state index contributed by atoms with van der Waals surface area (Å²) >= 11 is 0. The van der Waals surface area contributed by atoms with Crippen LogP contribution in [0.3, 0.4) is 0 Å². The second-order valence-electron chi connectivity index (χ2n) is 5.42. The Bertz CT molecular complexity index is 780. The Balaban J connectivity index is 1.68. The third-order valence-corrected chi connectivity index (χ3v) is 4.71. The highest BCUT2D eigenvalue weighted by Gasteiger charge is 2.25. The fraction of sp³-hybridized carbons (Fsp3) is 0.235. The van der Waals surface area contributed by atoms with Gasteiger partial charge in [0, 0.05) is 39.6 Å². The topological polar surface area (TPSA) is 67.4 Å². The highest BCUT2D eigenvalue weighted by Crippen LogP contribution is 2.33. The lowest BCUT2D eigenvalue weighted by Gasteiger charge is -2.27. The lowest BCUT2D eigenvalue weighted by molar-refractivity contribution is 0.227. The minimum Gasteiger partial charge on any atom is -0.490 e. The summed E-state index contributed by atoms with van der Waals surface area (Å²) in [4.78, 5) is 12.9. The Morgan fingerprint density at radius 1 is 1.25 bits per heavy atom. The molecule has 0 saturated carbocycles. The number of urea groups is 1. The van der Waals surface area contributed by atoms with Crippen LogP contribution in [0.4, 0.5) is 14.9 Å². The third-order valence-electron chi connectivity index (χ3n) is 3.78. The molecule has 0 saturated heterocycles. The minimum atomic E-state index is -1.06. The van der Waals surface area contributed by atoms with Crippen LogP contribution in [0.25, 0.3) is 0 Å². The van der Waals surface area contributed by atoms with Crippen molar-refractivity contribution in [2.24, 2.45) is 0 Å². The molecule has 0 radical (unpaired) electrons. The second kappa shape index (κ2) is 7.00. The van der Waals surface area contributed by atoms with E-state index in [-0.39, 0.29) is 17.8 Å². The fourth-order valence-corrected chi connectivity index (χ4v) is 3.11. The molecule has 0 bridgehead atoms. The summed E-state index contributed by atoms with van der Waals surface area (Å²) in [7, 11) is -1.06. The van der Waals surface area contributed by atoms with Crippen molar-refractivity contribution < 1.29 is 18.1 Å². The number of ether oxygens (including phenoxy) is 1. The van der Waals surface area contributed by atoms with Crippen molar-refractivity contribution in [1.29, 1.82) is 0 Å². The average molecular weight is 348 g/mol. The Morgan fingerprint density at radius 2 is 2.00 bits per heavy atom. The van der Waals surface area contributed by atoms with E-state index >= 15 is 0 Å². The predicted octanol–water partition coefficient (Wildman–Crippen LogP) is 3.21. The summed E-state index contributed by atoms with van der Waals surface area (Å²) in [6.07, 6.45) is 2.16. The van der Waals surface area contributed by atoms with Crippen molar-refractivity contribution in [2.45, 2.75) is 17.4 Å². The van der Waals surface area contributed by atoms with E-state index in [1.165, 1.54) is 6.07 Å². The van der Waals surface area contributed by atoms with Gasteiger partial charge < -0.3 is 15.4 Å². The van der Waals surface area contributed by atoms with Crippen LogP contribution in [-0.2, 0) is 10.8 Å². The number of fused-ring (bicyclic) bond motifs is 1. The number of hydrogen-bond acceptors (Lipinski definition) is 3. The highest BCUT2D eigenvalue weighted by atomic mass is 32.2. The normalized spacial score (nSPS) is 17.3. The van der Waals surface area contributed by atoms with E-state index in [1.54, 1.807) is 42.7 Å². The van der Waals surface area contributed by atoms with Gasteiger partial charge in [-0.05, 0) is 30.3 Å². The van der Waals surface area contributed by atoms with Crippen molar-refractivity contribution in [3.05, 3.63) is 53.8 Å². The van der Waals surface area contributed by atoms with Crippen LogP contribution in [0, 0.1) is 5.82 Å². The van der Waals surface area contributed by atoms with Gasteiger partial charge in [0.15, 0.2) is 11.6 Å². The number of carbonyl (C=O) groups excluding carboxylic acids is 1. The van der Waals surface area contributed by atoms with Crippen LogP contribution in [0.1, 0.15) is 18.0 Å². The first kappa shape index (κ1) is 16.4. The molecule has 0 aliphatic carbocycles. The SMILES string of the molecule is C[S@@](=O)c1ccc(NC(=O)N[C@H]2CCOc3c(F)cccc32)cc1. The molecule has 0 fully saturated rings. The summed E-state index contributed by atoms with van der Waals surface area (Å²) in [5, 5.41) is 5.55. The molecule has 1 aliphatic rings. The van der Waals surface area contributed by atoms with Crippen LogP contribution in [-0.4, -0.2) is 23.1 Å². The van der Waals surface area contributed by atoms with Gasteiger partial charge in [0.05, 0.1) is 12.6 Å². The number of benzene rings is 2. The number of rotatable bonds is 3. The first-order valence-electron chi connectivity index (χ1n) is 7.47. The second-order valence-corrected chi connectivity index (χ2v) is 6.80. The fourth-order valence-electron chi connectivity index (χ4n) is 2.59. The van der Waals surface area contributed by atoms with Crippen molar-refractivity contribution in [2.75, 3.05) is 18.2 Å². The molecule has 2 aromatic carbocycles. The molecule has 24 heavy (non-hydrogen) atoms. The Morgan fingerprint density at radius 3 is 2.71 bits per heavy atom. The van der Waals surface area contributed by atoms with E-state index in [0.29, 0.717) is 29.2 Å². The minimum absolute atomic E-state index is 0.198. The Hall–Kier alpha value is -2.41. The molecule has 2 aromatic rings. The zero-order valence-electron chi connectivity index (χ0n) is 13.0. The maximum atomic E-state index is 13.8. The van der Waals surface area contributed by atoms with Gasteiger partial charge >= 0.3 is 6.03 Å². The zero-order valence-corrected chi connectivity index (χ0v) is 13.9. The molecule has 1 aliphatic heterocycles. The summed E-state index contributed by atoms with van der Waals surface area (Å²) in [6.45, 7) is 0.343. The average Bonchev–Trinajstić information content (AvgIpc) is 2.56. The number of amides is 2. The van der Waals surface area contributed by atoms with E-state index in [4.69, 9.17) is 4.74 Å². The number of halogens is 1. The van der Waals surface area contributed by atoms with Gasteiger partial charge in [-0.3, -0.25) is 4.21 Å². The van der Waals surface area contributed by atoms with Gasteiger partial charge in [0.1, 0.15) is 0 Å². The van der Waals surface area contributed by atoms with Crippen molar-refractivity contribution in [1.82, 2.24) is 5.32 Å². The summed E-state index contributed by atoms with van der Waals surface area (Å²) in [5.74, 6) is -0.230. The Kier molecular flexibility index (Phi) is 4.80. The van der Waals surface area contributed by atoms with Gasteiger partial charge in [-0.1, -0.05) is 12.1 Å². The van der Waals surface area contributed by atoms with Crippen LogP contribution in [0.2, 0.25) is 0 Å². The van der Waals surface area contributed by atoms with Gasteiger partial charge in [0.25, 0.3) is 0 Å². The van der Waals surface area contributed by atoms with E-state index in [9.17, 15) is 13.4 Å². The molecule has 1 heterocycles. The van der Waals surface area contributed by atoms with Crippen molar-refractivity contribution >= 4 is 22.5 Å². The molecule has 7 heteroatoms. The monoisotopic (exact) mass is 348 g/mol. The van der Waals surface area contributed by atoms with Crippen LogP contribution < -0.4 is 15.4 Å². The number of hydrogen-bond donors (Lipinski definition) is 2. The molecule has 3 rings (SSSR count). The largest absolute Gasteiger partial charge is 0.490 e. The van der Waals surface area contributed by atoms with Crippen LogP contribution >= 0.6 is 0 Å². The van der Waals surface area contributed by atoms with E-state index in [1.807, 2.05) is 0 Å². The van der Waals surface area contributed by atoms with Gasteiger partial charge in [-0.2, -0.15) is 0 Å². The maximum Gasteiger partial charge on any atom is 0.319 e. The first-order valence-corrected chi connectivity index (χ1v) is 9.02. The highest BCUT2D eigenvalue weighted by molar-refractivity contribution is 7.84. The maximum absolute atomic E-state index is 13.8. The molecule has 2 amide bonds. The van der Waals surface area contributed by atoms with Crippen molar-refractivity contribution in [3.63, 3.8) is 0 Å². The predicted molar refractivity (Wildman–Crippen MR) is 90.2 cm³/mol. The summed E-state index contributed by atoms with van der Waals surface area (Å²) in [5.41, 5.74) is 1.22. The summed E-state index contributed by atoms with van der Waals surface area (Å²) < 4.78 is 30.5. The van der Waals surface area contributed by atoms with Gasteiger partial charge in [-0.25, -0.2) is 9.18 Å². The quantitative estimate of drug-likeness (QED) is 0.895. The van der Waals surface area contributed by atoms with Crippen molar-refractivity contribution in [3.8, 4) is 5.75 Å². The molecule has 2 N–H and O–H groups in total. The zero-order chi connectivity index (χ0) is 17.1. The van der Waals surface area contributed by atoms with Gasteiger partial charge in [0.2, 0.25) is 0 Å². The number of para-hydroxylation sites is 1. The number of carbonyl (C=O) groups is 1. The molecular weight excluding hydrogens is 331 g/mol. The van der Waals surface area contributed by atoms with Gasteiger partial charge in [-0.15, -0.1) is 0 Å². The van der Waals surface area contributed by atoms with Crippen LogP contribution in [0.15, 0.2) is 47.4 Å². The van der Waals surface area contributed by atoms with Crippen LogP contribution in [0.5, 0.6) is 5.75 Å². The number of anilines is 1. The molecule has 5 nitrogen and oxygen atoms in total. The third kappa shape index (κ3) is 3.56. The Labute approximate surface area is 141 Å². The summed E-state index contributed by atoms with van der Waals surface area (Å²) in [6, 6.07) is 10.7. The van der Waals surface area contributed by atoms with E-state index in [0.717, 1.165) is 0 Å². The molecule has 0 unspecified atom stereocenters. The standard InChI is InChI=1S/C17H17FN2O3S/c1-24(22)12-7-5-11(6-8-12)19-17(21)20-15-9-10-23-16-13(15)3-2-4-14(16)18/h2-8,15H,9-10H2,1H3,(H2,19,20,21)/t15-,24+/m0/s1. The molecule has 126 valence electrons. The number of nitrogens with one attached hydrogen (secondary N) is 2. The van der Waals surface area contributed by atoms with E-state index in [2.05, 4.69) is 10.6 Å². The lowest BCUT2D eigenvalue weighted by atomic mass is 10.0. The molecule has 2 atom stereocenters. The molecule has 0 aromatic heterocycles. The smallest absolute Gasteiger partial charge is 0.319 e. The first-order chi connectivity index (χ1) is 11.5.